The maximum Gasteiger partial charge on any atom is 0.273 e. The van der Waals surface area contributed by atoms with E-state index >= 15 is 0 Å². The highest BCUT2D eigenvalue weighted by molar-refractivity contribution is 5.92. The molecule has 0 aromatic carbocycles. The summed E-state index contributed by atoms with van der Waals surface area (Å²) in [5, 5.41) is 8.38. The molecule has 1 aromatic heterocycles. The molecule has 6 nitrogen and oxygen atoms in total. The normalized spacial score (nSPS) is 9.33. The molecule has 0 radical (unpaired) electrons. The van der Waals surface area contributed by atoms with Gasteiger partial charge < -0.3 is 10.6 Å². The van der Waals surface area contributed by atoms with Gasteiger partial charge in [-0.25, -0.2) is 4.98 Å². The van der Waals surface area contributed by atoms with Crippen LogP contribution in [0.2, 0.25) is 0 Å². The summed E-state index contributed by atoms with van der Waals surface area (Å²) in [4.78, 5) is 20.7. The smallest absolute Gasteiger partial charge is 0.273 e. The SMILES string of the molecule is CN(CCC#N)C(=O)c1cncc(N)n1. The molecule has 1 heterocycles. The molecule has 2 N–H and O–H groups in total. The van der Waals surface area contributed by atoms with Crippen molar-refractivity contribution in [2.75, 3.05) is 19.3 Å². The lowest BCUT2D eigenvalue weighted by Crippen LogP contribution is -2.28. The molecular weight excluding hydrogens is 194 g/mol. The van der Waals surface area contributed by atoms with Gasteiger partial charge in [0.1, 0.15) is 11.5 Å². The second-order valence-electron chi connectivity index (χ2n) is 2.96. The number of carbonyl (C=O) groups excluding carboxylic acids is 1. The molecule has 0 aliphatic heterocycles. The van der Waals surface area contributed by atoms with E-state index in [1.165, 1.54) is 17.3 Å². The van der Waals surface area contributed by atoms with Gasteiger partial charge in [0.25, 0.3) is 5.91 Å². The summed E-state index contributed by atoms with van der Waals surface area (Å²) in [5.74, 6) is -0.0837. The van der Waals surface area contributed by atoms with E-state index in [4.69, 9.17) is 11.0 Å². The first-order valence-electron chi connectivity index (χ1n) is 4.35. The van der Waals surface area contributed by atoms with Gasteiger partial charge in [0.2, 0.25) is 0 Å². The topological polar surface area (TPSA) is 95.9 Å². The van der Waals surface area contributed by atoms with Crippen molar-refractivity contribution in [2.24, 2.45) is 0 Å². The highest BCUT2D eigenvalue weighted by Crippen LogP contribution is 2.01. The summed E-state index contributed by atoms with van der Waals surface area (Å²) >= 11 is 0. The maximum absolute atomic E-state index is 11.7. The van der Waals surface area contributed by atoms with Gasteiger partial charge in [-0.3, -0.25) is 9.78 Å². The van der Waals surface area contributed by atoms with E-state index in [-0.39, 0.29) is 23.8 Å². The van der Waals surface area contributed by atoms with Crippen molar-refractivity contribution >= 4 is 11.7 Å². The lowest BCUT2D eigenvalue weighted by molar-refractivity contribution is 0.0792. The molecule has 6 heteroatoms. The van der Waals surface area contributed by atoms with E-state index in [0.29, 0.717) is 6.54 Å². The summed E-state index contributed by atoms with van der Waals surface area (Å²) in [6.07, 6.45) is 3.01. The minimum absolute atomic E-state index is 0.190. The number of nitrogen functional groups attached to an aromatic ring is 1. The van der Waals surface area contributed by atoms with Gasteiger partial charge in [0.05, 0.1) is 24.9 Å². The average molecular weight is 205 g/mol. The van der Waals surface area contributed by atoms with Crippen molar-refractivity contribution in [3.63, 3.8) is 0 Å². The lowest BCUT2D eigenvalue weighted by atomic mass is 10.3. The molecule has 0 aliphatic rings. The fourth-order valence-corrected chi connectivity index (χ4v) is 0.999. The summed E-state index contributed by atoms with van der Waals surface area (Å²) in [6, 6.07) is 1.96. The molecule has 0 atom stereocenters. The van der Waals surface area contributed by atoms with Crippen molar-refractivity contribution in [1.29, 1.82) is 5.26 Å². The summed E-state index contributed by atoms with van der Waals surface area (Å²) in [5.41, 5.74) is 5.59. The lowest BCUT2D eigenvalue weighted by Gasteiger charge is -2.14. The summed E-state index contributed by atoms with van der Waals surface area (Å²) < 4.78 is 0. The van der Waals surface area contributed by atoms with Crippen LogP contribution in [-0.4, -0.2) is 34.4 Å². The fraction of sp³-hybridized carbons (Fsp3) is 0.333. The number of nitrogens with zero attached hydrogens (tertiary/aromatic N) is 4. The molecule has 78 valence electrons. The maximum atomic E-state index is 11.7. The number of rotatable bonds is 3. The Morgan fingerprint density at radius 1 is 1.67 bits per heavy atom. The first-order chi connectivity index (χ1) is 7.15. The van der Waals surface area contributed by atoms with Crippen LogP contribution in [0.4, 0.5) is 5.82 Å². The highest BCUT2D eigenvalue weighted by atomic mass is 16.2. The van der Waals surface area contributed by atoms with E-state index < -0.39 is 0 Å². The highest BCUT2D eigenvalue weighted by Gasteiger charge is 2.12. The predicted octanol–water partition coefficient (Wildman–Crippen LogP) is 0.0445. The van der Waals surface area contributed by atoms with Crippen molar-refractivity contribution in [3.8, 4) is 6.07 Å². The molecule has 0 spiro atoms. The number of aromatic nitrogens is 2. The van der Waals surface area contributed by atoms with Crippen LogP contribution in [0.3, 0.4) is 0 Å². The Labute approximate surface area is 87.3 Å². The minimum Gasteiger partial charge on any atom is -0.382 e. The zero-order chi connectivity index (χ0) is 11.3. The summed E-state index contributed by atoms with van der Waals surface area (Å²) in [7, 11) is 1.60. The molecule has 1 rings (SSSR count). The Morgan fingerprint density at radius 2 is 2.40 bits per heavy atom. The Balaban J connectivity index is 2.72. The Bertz CT molecular complexity index is 398. The van der Waals surface area contributed by atoms with Gasteiger partial charge in [0, 0.05) is 13.6 Å². The number of hydrogen-bond acceptors (Lipinski definition) is 5. The molecule has 0 saturated heterocycles. The molecule has 15 heavy (non-hydrogen) atoms. The average Bonchev–Trinajstić information content (AvgIpc) is 2.24. The van der Waals surface area contributed by atoms with E-state index in [2.05, 4.69) is 9.97 Å². The Kier molecular flexibility index (Phi) is 3.57. The Morgan fingerprint density at radius 3 is 3.00 bits per heavy atom. The zero-order valence-electron chi connectivity index (χ0n) is 8.34. The van der Waals surface area contributed by atoms with Crippen LogP contribution in [0.1, 0.15) is 16.9 Å². The second-order valence-corrected chi connectivity index (χ2v) is 2.96. The number of amides is 1. The van der Waals surface area contributed by atoms with Gasteiger partial charge >= 0.3 is 0 Å². The van der Waals surface area contributed by atoms with Crippen molar-refractivity contribution in [1.82, 2.24) is 14.9 Å². The number of nitrogens with two attached hydrogens (primary N) is 1. The van der Waals surface area contributed by atoms with E-state index in [9.17, 15) is 4.79 Å². The van der Waals surface area contributed by atoms with Gasteiger partial charge in [-0.1, -0.05) is 0 Å². The molecule has 1 amide bonds. The first-order valence-corrected chi connectivity index (χ1v) is 4.35. The monoisotopic (exact) mass is 205 g/mol. The fourth-order valence-electron chi connectivity index (χ4n) is 0.999. The molecule has 0 bridgehead atoms. The van der Waals surface area contributed by atoms with Gasteiger partial charge in [-0.05, 0) is 0 Å². The van der Waals surface area contributed by atoms with Crippen LogP contribution >= 0.6 is 0 Å². The number of anilines is 1. The van der Waals surface area contributed by atoms with Gasteiger partial charge in [-0.2, -0.15) is 5.26 Å². The molecule has 0 unspecified atom stereocenters. The molecule has 0 saturated carbocycles. The zero-order valence-corrected chi connectivity index (χ0v) is 8.34. The van der Waals surface area contributed by atoms with Crippen LogP contribution in [-0.2, 0) is 0 Å². The van der Waals surface area contributed by atoms with E-state index in [1.54, 1.807) is 7.05 Å². The number of hydrogen-bond donors (Lipinski definition) is 1. The number of nitriles is 1. The van der Waals surface area contributed by atoms with Crippen molar-refractivity contribution < 1.29 is 4.79 Å². The van der Waals surface area contributed by atoms with Crippen LogP contribution in [0.5, 0.6) is 0 Å². The molecule has 0 aliphatic carbocycles. The number of carbonyl (C=O) groups is 1. The van der Waals surface area contributed by atoms with Crippen LogP contribution < -0.4 is 5.73 Å². The second kappa shape index (κ2) is 4.91. The quantitative estimate of drug-likeness (QED) is 0.751. The van der Waals surface area contributed by atoms with Crippen LogP contribution in [0, 0.1) is 11.3 Å². The minimum atomic E-state index is -0.287. The molecule has 0 fully saturated rings. The van der Waals surface area contributed by atoms with Crippen LogP contribution in [0.15, 0.2) is 12.4 Å². The van der Waals surface area contributed by atoms with E-state index in [1.807, 2.05) is 6.07 Å². The predicted molar refractivity (Wildman–Crippen MR) is 53.6 cm³/mol. The van der Waals surface area contributed by atoms with Crippen molar-refractivity contribution in [2.45, 2.75) is 6.42 Å². The van der Waals surface area contributed by atoms with E-state index in [0.717, 1.165) is 0 Å². The standard InChI is InChI=1S/C9H11N5O/c1-14(4-2-3-10)9(15)7-5-12-6-8(11)13-7/h5-6H,2,4H2,1H3,(H2,11,13). The Hall–Kier alpha value is -2.16. The third-order valence-corrected chi connectivity index (χ3v) is 1.78. The van der Waals surface area contributed by atoms with Gasteiger partial charge in [0.15, 0.2) is 0 Å². The van der Waals surface area contributed by atoms with Crippen molar-refractivity contribution in [3.05, 3.63) is 18.1 Å². The first kappa shape index (κ1) is 10.9. The third kappa shape index (κ3) is 2.91. The van der Waals surface area contributed by atoms with Gasteiger partial charge in [-0.15, -0.1) is 0 Å². The third-order valence-electron chi connectivity index (χ3n) is 1.78. The molecular formula is C9H11N5O. The molecule has 1 aromatic rings. The van der Waals surface area contributed by atoms with Crippen LogP contribution in [0.25, 0.3) is 0 Å². The summed E-state index contributed by atoms with van der Waals surface area (Å²) in [6.45, 7) is 0.367. The largest absolute Gasteiger partial charge is 0.382 e.